The van der Waals surface area contributed by atoms with Crippen LogP contribution in [0.3, 0.4) is 0 Å². The van der Waals surface area contributed by atoms with E-state index in [-0.39, 0.29) is 5.02 Å². The van der Waals surface area contributed by atoms with Gasteiger partial charge in [-0.25, -0.2) is 4.39 Å². The maximum atomic E-state index is 13.2. The van der Waals surface area contributed by atoms with Gasteiger partial charge in [-0.05, 0) is 25.1 Å². The molecular weight excluding hydrogens is 281 g/mol. The first kappa shape index (κ1) is 12.7. The maximum Gasteiger partial charge on any atom is 0.153 e. The van der Waals surface area contributed by atoms with Crippen LogP contribution in [0.5, 0.6) is 0 Å². The van der Waals surface area contributed by atoms with E-state index in [4.69, 9.17) is 17.3 Å². The van der Waals surface area contributed by atoms with Crippen LogP contribution in [0, 0.1) is 12.7 Å². The predicted octanol–water partition coefficient (Wildman–Crippen LogP) is 3.15. The number of anilines is 1. The van der Waals surface area contributed by atoms with Crippen molar-refractivity contribution >= 4 is 17.4 Å². The number of hydrogen-bond acceptors (Lipinski definition) is 3. The van der Waals surface area contributed by atoms with Gasteiger partial charge in [0, 0.05) is 16.8 Å². The SMILES string of the molecule is Cc1[nH]ncc1-c1[nH]nc(N)c1-c1ccc(F)cc1Cl. The number of aromatic nitrogens is 4. The molecule has 0 spiro atoms. The second kappa shape index (κ2) is 4.64. The molecule has 0 bridgehead atoms. The van der Waals surface area contributed by atoms with Gasteiger partial charge in [0.25, 0.3) is 0 Å². The molecule has 0 aliphatic carbocycles. The number of nitrogens with one attached hydrogen (secondary N) is 2. The van der Waals surface area contributed by atoms with Gasteiger partial charge in [-0.15, -0.1) is 0 Å². The number of benzene rings is 1. The van der Waals surface area contributed by atoms with Crippen LogP contribution in [0.1, 0.15) is 5.69 Å². The van der Waals surface area contributed by atoms with E-state index in [0.717, 1.165) is 11.3 Å². The van der Waals surface area contributed by atoms with Crippen LogP contribution >= 0.6 is 11.6 Å². The fraction of sp³-hybridized carbons (Fsp3) is 0.0769. The Hall–Kier alpha value is -2.34. The van der Waals surface area contributed by atoms with Gasteiger partial charge in [0.1, 0.15) is 5.82 Å². The number of aryl methyl sites for hydroxylation is 1. The number of aromatic amines is 2. The molecule has 3 rings (SSSR count). The van der Waals surface area contributed by atoms with Crippen LogP contribution in [0.15, 0.2) is 24.4 Å². The van der Waals surface area contributed by atoms with E-state index >= 15 is 0 Å². The van der Waals surface area contributed by atoms with E-state index in [9.17, 15) is 4.39 Å². The lowest BCUT2D eigenvalue weighted by atomic mass is 10.0. The Morgan fingerprint density at radius 3 is 2.70 bits per heavy atom. The zero-order valence-corrected chi connectivity index (χ0v) is 11.3. The number of H-pyrrole nitrogens is 2. The van der Waals surface area contributed by atoms with Crippen molar-refractivity contribution in [2.75, 3.05) is 5.73 Å². The number of halogens is 2. The minimum atomic E-state index is -0.401. The average Bonchev–Trinajstić information content (AvgIpc) is 2.96. The highest BCUT2D eigenvalue weighted by Crippen LogP contribution is 2.39. The Morgan fingerprint density at radius 1 is 1.25 bits per heavy atom. The summed E-state index contributed by atoms with van der Waals surface area (Å²) >= 11 is 6.11. The van der Waals surface area contributed by atoms with E-state index < -0.39 is 5.82 Å². The normalized spacial score (nSPS) is 10.9. The fourth-order valence-corrected chi connectivity index (χ4v) is 2.38. The Morgan fingerprint density at radius 2 is 2.05 bits per heavy atom. The number of rotatable bonds is 2. The second-order valence-corrected chi connectivity index (χ2v) is 4.80. The molecule has 3 aromatic rings. The first-order chi connectivity index (χ1) is 9.58. The maximum absolute atomic E-state index is 13.2. The summed E-state index contributed by atoms with van der Waals surface area (Å²) in [5, 5.41) is 14.0. The Kier molecular flexibility index (Phi) is 2.94. The zero-order chi connectivity index (χ0) is 14.3. The van der Waals surface area contributed by atoms with Crippen LogP contribution < -0.4 is 5.73 Å². The lowest BCUT2D eigenvalue weighted by Gasteiger charge is -2.06. The van der Waals surface area contributed by atoms with Crippen molar-refractivity contribution in [2.24, 2.45) is 0 Å². The predicted molar refractivity (Wildman–Crippen MR) is 75.7 cm³/mol. The molecular formula is C13H11ClFN5. The van der Waals surface area contributed by atoms with Gasteiger partial charge >= 0.3 is 0 Å². The third kappa shape index (κ3) is 1.94. The van der Waals surface area contributed by atoms with E-state index in [2.05, 4.69) is 20.4 Å². The minimum absolute atomic E-state index is 0.278. The number of hydrogen-bond donors (Lipinski definition) is 3. The van der Waals surface area contributed by atoms with Crippen molar-refractivity contribution in [3.63, 3.8) is 0 Å². The van der Waals surface area contributed by atoms with E-state index in [1.165, 1.54) is 12.1 Å². The van der Waals surface area contributed by atoms with Gasteiger partial charge in [0.15, 0.2) is 5.82 Å². The zero-order valence-electron chi connectivity index (χ0n) is 10.5. The molecule has 0 aliphatic heterocycles. The van der Waals surface area contributed by atoms with Crippen LogP contribution in [0.2, 0.25) is 5.02 Å². The molecule has 2 heterocycles. The van der Waals surface area contributed by atoms with Crippen molar-refractivity contribution in [1.82, 2.24) is 20.4 Å². The molecule has 2 aromatic heterocycles. The van der Waals surface area contributed by atoms with Gasteiger partial charge in [-0.1, -0.05) is 11.6 Å². The summed E-state index contributed by atoms with van der Waals surface area (Å²) in [5.74, 6) is -0.101. The van der Waals surface area contributed by atoms with Gasteiger partial charge in [0.2, 0.25) is 0 Å². The Balaban J connectivity index is 2.24. The van der Waals surface area contributed by atoms with Crippen molar-refractivity contribution < 1.29 is 4.39 Å². The Labute approximate surface area is 119 Å². The summed E-state index contributed by atoms with van der Waals surface area (Å²) in [6, 6.07) is 4.16. The van der Waals surface area contributed by atoms with Crippen LogP contribution in [0.25, 0.3) is 22.4 Å². The number of nitrogen functional groups attached to an aromatic ring is 1. The molecule has 1 aromatic carbocycles. The molecule has 4 N–H and O–H groups in total. The largest absolute Gasteiger partial charge is 0.382 e. The van der Waals surface area contributed by atoms with Crippen LogP contribution in [0.4, 0.5) is 10.2 Å². The van der Waals surface area contributed by atoms with E-state index in [0.29, 0.717) is 22.6 Å². The van der Waals surface area contributed by atoms with Crippen molar-refractivity contribution in [3.8, 4) is 22.4 Å². The summed E-state index contributed by atoms with van der Waals surface area (Å²) in [5.41, 5.74) is 9.57. The molecule has 0 radical (unpaired) electrons. The highest BCUT2D eigenvalue weighted by molar-refractivity contribution is 6.33. The fourth-order valence-electron chi connectivity index (χ4n) is 2.12. The summed E-state index contributed by atoms with van der Waals surface area (Å²) < 4.78 is 13.2. The molecule has 0 unspecified atom stereocenters. The number of nitrogens with zero attached hydrogens (tertiary/aromatic N) is 2. The lowest BCUT2D eigenvalue weighted by Crippen LogP contribution is -1.90. The van der Waals surface area contributed by atoms with Crippen LogP contribution in [-0.2, 0) is 0 Å². The monoisotopic (exact) mass is 291 g/mol. The third-order valence-electron chi connectivity index (χ3n) is 3.09. The highest BCUT2D eigenvalue weighted by atomic mass is 35.5. The standard InChI is InChI=1S/C13H11ClFN5/c1-6-9(5-17-18-6)12-11(13(16)20-19-12)8-3-2-7(15)4-10(8)14/h2-5H,1H3,(H,17,18)(H3,16,19,20). The molecule has 0 aliphatic rings. The molecule has 102 valence electrons. The molecule has 0 amide bonds. The second-order valence-electron chi connectivity index (χ2n) is 4.39. The topological polar surface area (TPSA) is 83.4 Å². The van der Waals surface area contributed by atoms with Crippen LogP contribution in [-0.4, -0.2) is 20.4 Å². The van der Waals surface area contributed by atoms with Crippen molar-refractivity contribution in [3.05, 3.63) is 40.9 Å². The quantitative estimate of drug-likeness (QED) is 0.678. The first-order valence-corrected chi connectivity index (χ1v) is 6.25. The Bertz CT molecular complexity index is 777. The molecule has 0 saturated carbocycles. The average molecular weight is 292 g/mol. The van der Waals surface area contributed by atoms with Gasteiger partial charge < -0.3 is 5.73 Å². The molecule has 5 nitrogen and oxygen atoms in total. The van der Waals surface area contributed by atoms with Crippen molar-refractivity contribution in [1.29, 1.82) is 0 Å². The smallest absolute Gasteiger partial charge is 0.153 e. The highest BCUT2D eigenvalue weighted by Gasteiger charge is 2.19. The molecule has 20 heavy (non-hydrogen) atoms. The van der Waals surface area contributed by atoms with E-state index in [1.807, 2.05) is 6.92 Å². The summed E-state index contributed by atoms with van der Waals surface area (Å²) in [6.07, 6.45) is 1.67. The summed E-state index contributed by atoms with van der Waals surface area (Å²) in [7, 11) is 0. The van der Waals surface area contributed by atoms with Gasteiger partial charge in [-0.3, -0.25) is 10.2 Å². The minimum Gasteiger partial charge on any atom is -0.382 e. The third-order valence-corrected chi connectivity index (χ3v) is 3.41. The molecule has 7 heteroatoms. The summed E-state index contributed by atoms with van der Waals surface area (Å²) in [6.45, 7) is 1.88. The lowest BCUT2D eigenvalue weighted by molar-refractivity contribution is 0.628. The molecule has 0 fully saturated rings. The van der Waals surface area contributed by atoms with Gasteiger partial charge in [0.05, 0.1) is 22.5 Å². The van der Waals surface area contributed by atoms with E-state index in [1.54, 1.807) is 12.3 Å². The number of nitrogens with two attached hydrogens (primary N) is 1. The molecule has 0 saturated heterocycles. The summed E-state index contributed by atoms with van der Waals surface area (Å²) in [4.78, 5) is 0. The van der Waals surface area contributed by atoms with Crippen molar-refractivity contribution in [2.45, 2.75) is 6.92 Å². The van der Waals surface area contributed by atoms with Gasteiger partial charge in [-0.2, -0.15) is 10.2 Å². The molecule has 0 atom stereocenters. The first-order valence-electron chi connectivity index (χ1n) is 5.87.